The van der Waals surface area contributed by atoms with Gasteiger partial charge in [-0.2, -0.15) is 0 Å². The predicted molar refractivity (Wildman–Crippen MR) is 135 cm³/mol. The van der Waals surface area contributed by atoms with Crippen molar-refractivity contribution in [2.45, 2.75) is 13.0 Å². The fourth-order valence-corrected chi connectivity index (χ4v) is 4.60. The van der Waals surface area contributed by atoms with E-state index in [0.717, 1.165) is 40.1 Å². The Balaban J connectivity index is 1.24. The first kappa shape index (κ1) is 22.9. The number of amides is 3. The summed E-state index contributed by atoms with van der Waals surface area (Å²) in [5, 5.41) is 3.01. The third-order valence-corrected chi connectivity index (χ3v) is 6.56. The van der Waals surface area contributed by atoms with Gasteiger partial charge in [0.25, 0.3) is 5.91 Å². The molecule has 3 aromatic rings. The molecule has 1 saturated heterocycles. The van der Waals surface area contributed by atoms with Gasteiger partial charge in [0.05, 0.1) is 20.3 Å². The number of morpholine rings is 1. The Morgan fingerprint density at radius 3 is 2.49 bits per heavy atom. The summed E-state index contributed by atoms with van der Waals surface area (Å²) in [7, 11) is 1.63. The number of carbonyl (C=O) groups is 2. The first-order chi connectivity index (χ1) is 17.1. The molecule has 0 bridgehead atoms. The summed E-state index contributed by atoms with van der Waals surface area (Å²) in [6.45, 7) is 3.54. The van der Waals surface area contributed by atoms with Crippen LogP contribution in [0.25, 0.3) is 11.1 Å². The van der Waals surface area contributed by atoms with Crippen molar-refractivity contribution in [3.63, 3.8) is 0 Å². The lowest BCUT2D eigenvalue weighted by molar-refractivity contribution is 0.0303. The van der Waals surface area contributed by atoms with E-state index in [9.17, 15) is 9.59 Å². The van der Waals surface area contributed by atoms with Gasteiger partial charge in [0, 0.05) is 37.4 Å². The largest absolute Gasteiger partial charge is 0.497 e. The lowest BCUT2D eigenvalue weighted by Crippen LogP contribution is -2.40. The molecule has 0 saturated carbocycles. The molecule has 0 aromatic heterocycles. The minimum absolute atomic E-state index is 0.0457. The second kappa shape index (κ2) is 10.2. The Morgan fingerprint density at radius 2 is 1.71 bits per heavy atom. The Bertz CT molecular complexity index is 1220. The summed E-state index contributed by atoms with van der Waals surface area (Å²) in [4.78, 5) is 29.2. The molecule has 2 aliphatic heterocycles. The van der Waals surface area contributed by atoms with Gasteiger partial charge in [0.2, 0.25) is 0 Å². The van der Waals surface area contributed by atoms with Crippen LogP contribution >= 0.6 is 0 Å². The normalized spacial score (nSPS) is 15.0. The monoisotopic (exact) mass is 471 g/mol. The van der Waals surface area contributed by atoms with Crippen molar-refractivity contribution in [2.24, 2.45) is 0 Å². The van der Waals surface area contributed by atoms with Crippen molar-refractivity contribution < 1.29 is 19.1 Å². The molecular weight excluding hydrogens is 442 g/mol. The molecule has 1 N–H and O–H groups in total. The molecule has 0 spiro atoms. The zero-order chi connectivity index (χ0) is 24.2. The number of ether oxygens (including phenoxy) is 2. The van der Waals surface area contributed by atoms with Crippen LogP contribution in [0.15, 0.2) is 66.7 Å². The maximum Gasteiger partial charge on any atom is 0.322 e. The first-order valence-corrected chi connectivity index (χ1v) is 11.9. The molecule has 0 atom stereocenters. The number of carbonyl (C=O) groups excluding carboxylic acids is 2. The van der Waals surface area contributed by atoms with Gasteiger partial charge < -0.3 is 19.7 Å². The highest BCUT2D eigenvalue weighted by Gasteiger charge is 2.25. The maximum atomic E-state index is 12.9. The fraction of sp³-hybridized carbons (Fsp3) is 0.286. The Morgan fingerprint density at radius 1 is 0.943 bits per heavy atom. The maximum absolute atomic E-state index is 12.9. The molecular formula is C28H29N3O4. The van der Waals surface area contributed by atoms with Crippen LogP contribution < -0.4 is 15.0 Å². The molecule has 180 valence electrons. The van der Waals surface area contributed by atoms with E-state index < -0.39 is 0 Å². The number of hydrogen-bond acceptors (Lipinski definition) is 4. The van der Waals surface area contributed by atoms with E-state index in [2.05, 4.69) is 11.4 Å². The SMILES string of the molecule is COc1cccc(CNC(=O)N2CCc3cc(-c4ccc(C(=O)N5CCOCC5)cc4)ccc32)c1. The number of nitrogens with zero attached hydrogens (tertiary/aromatic N) is 2. The zero-order valence-electron chi connectivity index (χ0n) is 19.8. The van der Waals surface area contributed by atoms with E-state index in [1.54, 1.807) is 12.0 Å². The fourth-order valence-electron chi connectivity index (χ4n) is 4.60. The van der Waals surface area contributed by atoms with Crippen molar-refractivity contribution in [2.75, 3.05) is 44.9 Å². The van der Waals surface area contributed by atoms with Gasteiger partial charge in [-0.1, -0.05) is 30.3 Å². The number of nitrogens with one attached hydrogen (secondary N) is 1. The van der Waals surface area contributed by atoms with Crippen LogP contribution in [0.4, 0.5) is 10.5 Å². The molecule has 5 rings (SSSR count). The molecule has 1 fully saturated rings. The van der Waals surface area contributed by atoms with E-state index in [-0.39, 0.29) is 11.9 Å². The lowest BCUT2D eigenvalue weighted by Gasteiger charge is -2.26. The van der Waals surface area contributed by atoms with Gasteiger partial charge in [-0.25, -0.2) is 4.79 Å². The van der Waals surface area contributed by atoms with Gasteiger partial charge in [-0.15, -0.1) is 0 Å². The highest BCUT2D eigenvalue weighted by Crippen LogP contribution is 2.32. The number of benzene rings is 3. The number of fused-ring (bicyclic) bond motifs is 1. The summed E-state index contributed by atoms with van der Waals surface area (Å²) in [5.41, 5.74) is 5.89. The van der Waals surface area contributed by atoms with Crippen molar-refractivity contribution in [1.29, 1.82) is 0 Å². The molecule has 3 aromatic carbocycles. The summed E-state index contributed by atoms with van der Waals surface area (Å²) in [6, 6.07) is 21.5. The first-order valence-electron chi connectivity index (χ1n) is 11.9. The number of anilines is 1. The second-order valence-electron chi connectivity index (χ2n) is 8.74. The van der Waals surface area contributed by atoms with E-state index in [1.807, 2.05) is 65.6 Å². The van der Waals surface area contributed by atoms with E-state index in [0.29, 0.717) is 45.0 Å². The molecule has 7 heteroatoms. The van der Waals surface area contributed by atoms with Crippen molar-refractivity contribution in [1.82, 2.24) is 10.2 Å². The van der Waals surface area contributed by atoms with Crippen LogP contribution in [-0.2, 0) is 17.7 Å². The van der Waals surface area contributed by atoms with Crippen LogP contribution in [0.2, 0.25) is 0 Å². The minimum atomic E-state index is -0.106. The van der Waals surface area contributed by atoms with E-state index in [4.69, 9.17) is 9.47 Å². The van der Waals surface area contributed by atoms with Crippen LogP contribution in [-0.4, -0.2) is 56.8 Å². The van der Waals surface area contributed by atoms with Crippen molar-refractivity contribution >= 4 is 17.6 Å². The average Bonchev–Trinajstić information content (AvgIpc) is 3.35. The van der Waals surface area contributed by atoms with Crippen LogP contribution in [0.3, 0.4) is 0 Å². The molecule has 0 aliphatic carbocycles. The topological polar surface area (TPSA) is 71.1 Å². The van der Waals surface area contributed by atoms with Crippen LogP contribution in [0, 0.1) is 0 Å². The molecule has 0 unspecified atom stereocenters. The standard InChI is InChI=1S/C28H29N3O4/c1-34-25-4-2-3-20(17-25)19-29-28(33)31-12-11-24-18-23(9-10-26(24)31)21-5-7-22(8-6-21)27(32)30-13-15-35-16-14-30/h2-10,17-18H,11-16,19H2,1H3,(H,29,33). The third-order valence-electron chi connectivity index (χ3n) is 6.56. The summed E-state index contributed by atoms with van der Waals surface area (Å²) >= 11 is 0. The predicted octanol–water partition coefficient (Wildman–Crippen LogP) is 4.11. The average molecular weight is 472 g/mol. The lowest BCUT2D eigenvalue weighted by atomic mass is 10.0. The number of methoxy groups -OCH3 is 1. The Kier molecular flexibility index (Phi) is 6.68. The molecule has 7 nitrogen and oxygen atoms in total. The Labute approximate surface area is 205 Å². The highest BCUT2D eigenvalue weighted by atomic mass is 16.5. The molecule has 3 amide bonds. The molecule has 35 heavy (non-hydrogen) atoms. The van der Waals surface area contributed by atoms with Crippen molar-refractivity contribution in [3.05, 3.63) is 83.4 Å². The molecule has 0 radical (unpaired) electrons. The van der Waals surface area contributed by atoms with E-state index in [1.165, 1.54) is 0 Å². The van der Waals surface area contributed by atoms with Crippen molar-refractivity contribution in [3.8, 4) is 16.9 Å². The van der Waals surface area contributed by atoms with Crippen LogP contribution in [0.5, 0.6) is 5.75 Å². The van der Waals surface area contributed by atoms with Gasteiger partial charge >= 0.3 is 6.03 Å². The Hall–Kier alpha value is -3.84. The van der Waals surface area contributed by atoms with Gasteiger partial charge in [0.1, 0.15) is 5.75 Å². The number of hydrogen-bond donors (Lipinski definition) is 1. The van der Waals surface area contributed by atoms with Gasteiger partial charge in [-0.05, 0) is 65.1 Å². The van der Waals surface area contributed by atoms with Crippen LogP contribution in [0.1, 0.15) is 21.5 Å². The smallest absolute Gasteiger partial charge is 0.322 e. The summed E-state index contributed by atoms with van der Waals surface area (Å²) in [6.07, 6.45) is 0.809. The minimum Gasteiger partial charge on any atom is -0.497 e. The summed E-state index contributed by atoms with van der Waals surface area (Å²) < 4.78 is 10.6. The summed E-state index contributed by atoms with van der Waals surface area (Å²) in [5.74, 6) is 0.818. The van der Waals surface area contributed by atoms with Gasteiger partial charge in [0.15, 0.2) is 0 Å². The zero-order valence-corrected chi connectivity index (χ0v) is 19.8. The number of rotatable bonds is 5. The third kappa shape index (κ3) is 5.00. The molecule has 2 heterocycles. The van der Waals surface area contributed by atoms with Gasteiger partial charge in [-0.3, -0.25) is 9.69 Å². The quantitative estimate of drug-likeness (QED) is 0.608. The highest BCUT2D eigenvalue weighted by molar-refractivity contribution is 5.96. The second-order valence-corrected chi connectivity index (χ2v) is 8.74. The van der Waals surface area contributed by atoms with E-state index >= 15 is 0 Å². The molecule has 2 aliphatic rings. The number of urea groups is 1.